The van der Waals surface area contributed by atoms with Crippen LogP contribution < -0.4 is 20.7 Å². The maximum atomic E-state index is 12.1. The van der Waals surface area contributed by atoms with E-state index in [4.69, 9.17) is 4.74 Å². The van der Waals surface area contributed by atoms with Crippen LogP contribution in [0.15, 0.2) is 47.6 Å². The Morgan fingerprint density at radius 1 is 1.28 bits per heavy atom. The fourth-order valence-corrected chi connectivity index (χ4v) is 3.33. The number of carbonyl (C=O) groups is 1. The number of rotatable bonds is 5. The average Bonchev–Trinajstić information content (AvgIpc) is 2.68. The number of hydrogen-bond donors (Lipinski definition) is 3. The second-order valence-corrected chi connectivity index (χ2v) is 7.82. The molecule has 0 aliphatic carbocycles. The van der Waals surface area contributed by atoms with Gasteiger partial charge in [0.25, 0.3) is 0 Å². The highest BCUT2D eigenvalue weighted by molar-refractivity contribution is 5.90. The summed E-state index contributed by atoms with van der Waals surface area (Å²) in [5.74, 6) is 2.01. The fourth-order valence-electron chi connectivity index (χ4n) is 3.33. The van der Waals surface area contributed by atoms with Crippen molar-refractivity contribution in [2.24, 2.45) is 4.99 Å². The van der Waals surface area contributed by atoms with Gasteiger partial charge in [-0.05, 0) is 38.5 Å². The third-order valence-corrected chi connectivity index (χ3v) is 4.73. The Morgan fingerprint density at radius 3 is 2.79 bits per heavy atom. The lowest BCUT2D eigenvalue weighted by atomic mass is 9.90. The van der Waals surface area contributed by atoms with Crippen molar-refractivity contribution in [3.05, 3.63) is 53.7 Å². The Balaban J connectivity index is 1.53. The minimum absolute atomic E-state index is 0.0757. The van der Waals surface area contributed by atoms with E-state index in [1.165, 1.54) is 0 Å². The van der Waals surface area contributed by atoms with E-state index in [-0.39, 0.29) is 17.6 Å². The molecule has 0 bridgehead atoms. The number of nitrogens with one attached hydrogen (secondary N) is 3. The highest BCUT2D eigenvalue weighted by atomic mass is 16.5. The van der Waals surface area contributed by atoms with Crippen LogP contribution in [0.1, 0.15) is 43.9 Å². The predicted molar refractivity (Wildman–Crippen MR) is 115 cm³/mol. The second-order valence-electron chi connectivity index (χ2n) is 7.82. The van der Waals surface area contributed by atoms with Crippen molar-refractivity contribution in [3.8, 4) is 5.75 Å². The van der Waals surface area contributed by atoms with Crippen LogP contribution in [0.4, 0.5) is 5.82 Å². The average molecular weight is 396 g/mol. The number of aromatic nitrogens is 1. The molecule has 0 saturated heterocycles. The van der Waals surface area contributed by atoms with Gasteiger partial charge < -0.3 is 20.7 Å². The predicted octanol–water partition coefficient (Wildman–Crippen LogP) is 3.19. The second kappa shape index (κ2) is 8.94. The number of aliphatic imine (C=N–C) groups is 1. The third-order valence-electron chi connectivity index (χ3n) is 4.73. The van der Waals surface area contributed by atoms with Gasteiger partial charge in [-0.25, -0.2) is 4.98 Å². The minimum atomic E-state index is -0.272. The number of hydrogen-bond acceptors (Lipinski definition) is 4. The molecule has 2 heterocycles. The molecule has 1 unspecified atom stereocenters. The number of para-hydroxylation sites is 1. The first-order valence-corrected chi connectivity index (χ1v) is 9.84. The summed E-state index contributed by atoms with van der Waals surface area (Å²) in [4.78, 5) is 20.6. The van der Waals surface area contributed by atoms with E-state index in [9.17, 15) is 4.79 Å². The van der Waals surface area contributed by atoms with Crippen molar-refractivity contribution in [2.75, 3.05) is 18.9 Å². The number of ether oxygens (including phenoxy) is 1. The zero-order valence-electron chi connectivity index (χ0n) is 17.5. The molecule has 29 heavy (non-hydrogen) atoms. The molecular weight excluding hydrogens is 366 g/mol. The van der Waals surface area contributed by atoms with Gasteiger partial charge in [-0.15, -0.1) is 0 Å². The Bertz CT molecular complexity index is 877. The Morgan fingerprint density at radius 2 is 2.07 bits per heavy atom. The van der Waals surface area contributed by atoms with Crippen LogP contribution >= 0.6 is 0 Å². The normalized spacial score (nSPS) is 17.7. The summed E-state index contributed by atoms with van der Waals surface area (Å²) in [6.07, 6.45) is 2.85. The molecule has 0 radical (unpaired) electrons. The highest BCUT2D eigenvalue weighted by Crippen LogP contribution is 2.39. The number of guanidine groups is 1. The molecule has 3 rings (SSSR count). The quantitative estimate of drug-likeness (QED) is 0.535. The van der Waals surface area contributed by atoms with Crippen molar-refractivity contribution in [1.82, 2.24) is 15.6 Å². The molecule has 1 aromatic carbocycles. The Labute approximate surface area is 172 Å². The van der Waals surface area contributed by atoms with Crippen molar-refractivity contribution >= 4 is 17.7 Å². The van der Waals surface area contributed by atoms with E-state index >= 15 is 0 Å². The van der Waals surface area contributed by atoms with Crippen molar-refractivity contribution in [2.45, 2.75) is 45.3 Å². The van der Waals surface area contributed by atoms with Crippen LogP contribution in [0.5, 0.6) is 5.75 Å². The molecular formula is C22H29N5O2. The van der Waals surface area contributed by atoms with Crippen molar-refractivity contribution in [1.29, 1.82) is 0 Å². The van der Waals surface area contributed by atoms with E-state index < -0.39 is 0 Å². The van der Waals surface area contributed by atoms with E-state index in [1.54, 1.807) is 19.3 Å². The number of amides is 1. The number of carbonyl (C=O) groups excluding carboxylic acids is 1. The lowest BCUT2D eigenvalue weighted by molar-refractivity contribution is -0.116. The monoisotopic (exact) mass is 395 g/mol. The molecule has 1 aliphatic heterocycles. The molecule has 7 nitrogen and oxygen atoms in total. The summed E-state index contributed by atoms with van der Waals surface area (Å²) in [6, 6.07) is 11.8. The maximum Gasteiger partial charge on any atom is 0.227 e. The number of nitrogens with zero attached hydrogens (tertiary/aromatic N) is 2. The first kappa shape index (κ1) is 20.6. The summed E-state index contributed by atoms with van der Waals surface area (Å²) in [5.41, 5.74) is 1.89. The van der Waals surface area contributed by atoms with Gasteiger partial charge in [0.05, 0.1) is 6.04 Å². The molecule has 0 spiro atoms. The van der Waals surface area contributed by atoms with Gasteiger partial charge in [0.15, 0.2) is 5.96 Å². The Hall–Kier alpha value is -3.09. The van der Waals surface area contributed by atoms with Crippen molar-refractivity contribution < 1.29 is 9.53 Å². The van der Waals surface area contributed by atoms with Gasteiger partial charge in [-0.1, -0.05) is 24.3 Å². The zero-order chi connectivity index (χ0) is 20.9. The van der Waals surface area contributed by atoms with Crippen LogP contribution in [-0.4, -0.2) is 36.0 Å². The molecule has 1 aliphatic rings. The van der Waals surface area contributed by atoms with E-state index in [0.29, 0.717) is 24.7 Å². The molecule has 3 N–H and O–H groups in total. The van der Waals surface area contributed by atoms with Gasteiger partial charge >= 0.3 is 0 Å². The number of anilines is 1. The summed E-state index contributed by atoms with van der Waals surface area (Å²) >= 11 is 0. The van der Waals surface area contributed by atoms with Gasteiger partial charge in [0.2, 0.25) is 5.91 Å². The number of fused-ring (bicyclic) bond motifs is 1. The lowest BCUT2D eigenvalue weighted by Gasteiger charge is -2.38. The molecule has 0 fully saturated rings. The van der Waals surface area contributed by atoms with Gasteiger partial charge in [0, 0.05) is 38.2 Å². The van der Waals surface area contributed by atoms with Crippen LogP contribution in [0.3, 0.4) is 0 Å². The van der Waals surface area contributed by atoms with Crippen LogP contribution in [0.25, 0.3) is 0 Å². The summed E-state index contributed by atoms with van der Waals surface area (Å²) in [7, 11) is 1.72. The number of aryl methyl sites for hydroxylation is 1. The smallest absolute Gasteiger partial charge is 0.227 e. The van der Waals surface area contributed by atoms with Gasteiger partial charge in [-0.3, -0.25) is 9.79 Å². The van der Waals surface area contributed by atoms with Crippen LogP contribution in [0.2, 0.25) is 0 Å². The molecule has 154 valence electrons. The lowest BCUT2D eigenvalue weighted by Crippen LogP contribution is -2.45. The standard InChI is InChI=1S/C22H29N5O2/c1-15-9-10-19(25-14-15)27-20(28)11-12-24-21(23-4)26-17-13-22(2,3)29-18-8-6-5-7-16(17)18/h5-10,14,17H,11-13H2,1-4H3,(H2,23,24,26)(H,25,27,28). The summed E-state index contributed by atoms with van der Waals surface area (Å²) < 4.78 is 6.08. The van der Waals surface area contributed by atoms with Gasteiger partial charge in [0.1, 0.15) is 17.2 Å². The summed E-state index contributed by atoms with van der Waals surface area (Å²) in [5, 5.41) is 9.48. The fraction of sp³-hybridized carbons (Fsp3) is 0.409. The molecule has 7 heteroatoms. The Kier molecular flexibility index (Phi) is 6.36. The first-order chi connectivity index (χ1) is 13.9. The van der Waals surface area contributed by atoms with Crippen molar-refractivity contribution in [3.63, 3.8) is 0 Å². The molecule has 2 aromatic rings. The first-order valence-electron chi connectivity index (χ1n) is 9.84. The van der Waals surface area contributed by atoms with Crippen LogP contribution in [-0.2, 0) is 4.79 Å². The SMILES string of the molecule is CN=C(NCCC(=O)Nc1ccc(C)cn1)NC1CC(C)(C)Oc2ccccc21. The highest BCUT2D eigenvalue weighted by Gasteiger charge is 2.33. The number of benzene rings is 1. The number of pyridine rings is 1. The third kappa shape index (κ3) is 5.70. The van der Waals surface area contributed by atoms with E-state index in [2.05, 4.69) is 45.8 Å². The van der Waals surface area contributed by atoms with E-state index in [0.717, 1.165) is 23.3 Å². The van der Waals surface area contributed by atoms with E-state index in [1.807, 2.05) is 31.2 Å². The zero-order valence-corrected chi connectivity index (χ0v) is 17.5. The minimum Gasteiger partial charge on any atom is -0.487 e. The van der Waals surface area contributed by atoms with Gasteiger partial charge in [-0.2, -0.15) is 0 Å². The van der Waals surface area contributed by atoms with Crippen LogP contribution in [0, 0.1) is 6.92 Å². The molecule has 1 amide bonds. The topological polar surface area (TPSA) is 87.6 Å². The molecule has 1 aromatic heterocycles. The maximum absolute atomic E-state index is 12.1. The summed E-state index contributed by atoms with van der Waals surface area (Å²) in [6.45, 7) is 6.58. The molecule has 1 atom stereocenters. The molecule has 0 saturated carbocycles. The largest absolute Gasteiger partial charge is 0.487 e.